The maximum absolute atomic E-state index is 10.7. The van der Waals surface area contributed by atoms with Gasteiger partial charge < -0.3 is 10.6 Å². The second-order valence-corrected chi connectivity index (χ2v) is 2.32. The molecule has 0 saturated carbocycles. The third-order valence-corrected chi connectivity index (χ3v) is 1.27. The van der Waals surface area contributed by atoms with Crippen molar-refractivity contribution < 1.29 is 14.4 Å². The minimum absolute atomic E-state index is 0.379. The van der Waals surface area contributed by atoms with E-state index in [9.17, 15) is 9.59 Å². The van der Waals surface area contributed by atoms with Crippen LogP contribution in [0.25, 0.3) is 0 Å². The molecule has 0 atom stereocenters. The molecule has 6 nitrogen and oxygen atoms in total. The number of amides is 2. The summed E-state index contributed by atoms with van der Waals surface area (Å²) in [6.45, 7) is 1.18. The van der Waals surface area contributed by atoms with Gasteiger partial charge in [0.25, 0.3) is 0 Å². The van der Waals surface area contributed by atoms with Gasteiger partial charge in [-0.25, -0.2) is 5.48 Å². The normalized spacial score (nSPS) is 9.38. The molecular formula is C7H15N3O3. The molecule has 13 heavy (non-hydrogen) atoms. The van der Waals surface area contributed by atoms with E-state index in [0.29, 0.717) is 6.61 Å². The average Bonchev–Trinajstić information content (AvgIpc) is 2.16. The summed E-state index contributed by atoms with van der Waals surface area (Å²) >= 11 is 0. The molecule has 0 saturated heterocycles. The van der Waals surface area contributed by atoms with Crippen LogP contribution in [0.3, 0.4) is 0 Å². The molecule has 0 unspecified atom stereocenters. The molecule has 0 aromatic carbocycles. The van der Waals surface area contributed by atoms with E-state index in [0.717, 1.165) is 13.0 Å². The van der Waals surface area contributed by atoms with Gasteiger partial charge in [0.15, 0.2) is 0 Å². The molecular weight excluding hydrogens is 174 g/mol. The van der Waals surface area contributed by atoms with Crippen molar-refractivity contribution in [3.63, 3.8) is 0 Å². The summed E-state index contributed by atoms with van der Waals surface area (Å²) in [5.41, 5.74) is 2.01. The zero-order valence-corrected chi connectivity index (χ0v) is 7.85. The van der Waals surface area contributed by atoms with Gasteiger partial charge in [0.2, 0.25) is 0 Å². The van der Waals surface area contributed by atoms with Crippen molar-refractivity contribution in [2.45, 2.75) is 6.42 Å². The maximum atomic E-state index is 10.7. The molecule has 2 amide bonds. The van der Waals surface area contributed by atoms with Gasteiger partial charge in [-0.2, -0.15) is 0 Å². The Morgan fingerprint density at radius 1 is 1.23 bits per heavy atom. The molecule has 0 heterocycles. The van der Waals surface area contributed by atoms with E-state index in [1.54, 1.807) is 0 Å². The highest BCUT2D eigenvalue weighted by molar-refractivity contribution is 6.34. The smallest absolute Gasteiger partial charge is 0.332 e. The Morgan fingerprint density at radius 3 is 2.46 bits per heavy atom. The lowest BCUT2D eigenvalue weighted by atomic mass is 10.5. The van der Waals surface area contributed by atoms with Crippen LogP contribution in [0.4, 0.5) is 0 Å². The van der Waals surface area contributed by atoms with Crippen molar-refractivity contribution in [3.05, 3.63) is 0 Å². The van der Waals surface area contributed by atoms with Crippen LogP contribution >= 0.6 is 0 Å². The molecule has 0 radical (unpaired) electrons. The van der Waals surface area contributed by atoms with Gasteiger partial charge in [0.05, 0.1) is 6.61 Å². The summed E-state index contributed by atoms with van der Waals surface area (Å²) in [7, 11) is 3.20. The van der Waals surface area contributed by atoms with Crippen molar-refractivity contribution in [1.82, 2.24) is 16.1 Å². The molecule has 0 aromatic rings. The van der Waals surface area contributed by atoms with E-state index in [1.165, 1.54) is 7.05 Å². The number of hydrogen-bond acceptors (Lipinski definition) is 4. The highest BCUT2D eigenvalue weighted by Gasteiger charge is 2.09. The Labute approximate surface area is 77.0 Å². The quantitative estimate of drug-likeness (QED) is 0.276. The van der Waals surface area contributed by atoms with E-state index >= 15 is 0 Å². The summed E-state index contributed by atoms with van der Waals surface area (Å²) in [6, 6.07) is 0. The van der Waals surface area contributed by atoms with E-state index in [4.69, 9.17) is 4.84 Å². The van der Waals surface area contributed by atoms with Gasteiger partial charge in [-0.15, -0.1) is 0 Å². The summed E-state index contributed by atoms with van der Waals surface area (Å²) in [5, 5.41) is 5.09. The van der Waals surface area contributed by atoms with E-state index in [1.807, 2.05) is 12.5 Å². The fraction of sp³-hybridized carbons (Fsp3) is 0.714. The van der Waals surface area contributed by atoms with Crippen molar-refractivity contribution in [1.29, 1.82) is 0 Å². The van der Waals surface area contributed by atoms with Crippen LogP contribution in [0.15, 0.2) is 0 Å². The van der Waals surface area contributed by atoms with Crippen molar-refractivity contribution in [2.75, 3.05) is 27.2 Å². The number of hydrogen-bond donors (Lipinski definition) is 3. The van der Waals surface area contributed by atoms with Crippen molar-refractivity contribution in [3.8, 4) is 0 Å². The molecule has 0 aliphatic carbocycles. The number of hydroxylamine groups is 1. The third-order valence-electron chi connectivity index (χ3n) is 1.27. The largest absolute Gasteiger partial charge is 0.351 e. The summed E-state index contributed by atoms with van der Waals surface area (Å²) in [4.78, 5) is 26.1. The molecule has 6 heteroatoms. The molecule has 0 spiro atoms. The number of likely N-dealkylation sites (N-methyl/N-ethyl adjacent to an activating group) is 1. The van der Waals surface area contributed by atoms with Crippen LogP contribution < -0.4 is 16.1 Å². The fourth-order valence-corrected chi connectivity index (χ4v) is 0.598. The monoisotopic (exact) mass is 189 g/mol. The van der Waals surface area contributed by atoms with Crippen LogP contribution in [0.1, 0.15) is 6.42 Å². The minimum atomic E-state index is -0.785. The van der Waals surface area contributed by atoms with Gasteiger partial charge in [-0.3, -0.25) is 14.4 Å². The lowest BCUT2D eigenvalue weighted by Crippen LogP contribution is -2.38. The Hall–Kier alpha value is -1.14. The predicted octanol–water partition coefficient (Wildman–Crippen LogP) is -1.61. The third kappa shape index (κ3) is 6.06. The summed E-state index contributed by atoms with van der Waals surface area (Å²) in [6.07, 6.45) is 0.768. The first-order valence-electron chi connectivity index (χ1n) is 4.00. The van der Waals surface area contributed by atoms with E-state index < -0.39 is 11.8 Å². The van der Waals surface area contributed by atoms with Crippen LogP contribution in [0, 0.1) is 0 Å². The van der Waals surface area contributed by atoms with Crippen molar-refractivity contribution >= 4 is 11.8 Å². The summed E-state index contributed by atoms with van der Waals surface area (Å²) < 4.78 is 0. The topological polar surface area (TPSA) is 79.5 Å². The molecule has 0 bridgehead atoms. The van der Waals surface area contributed by atoms with E-state index in [-0.39, 0.29) is 0 Å². The predicted molar refractivity (Wildman–Crippen MR) is 46.7 cm³/mol. The molecule has 76 valence electrons. The number of carbonyl (C=O) groups excluding carboxylic acids is 2. The zero-order chi connectivity index (χ0) is 10.1. The molecule has 0 aliphatic rings. The Bertz CT molecular complexity index is 172. The Balaban J connectivity index is 3.32. The van der Waals surface area contributed by atoms with Gasteiger partial charge >= 0.3 is 11.8 Å². The molecule has 0 aliphatic heterocycles. The molecule has 3 N–H and O–H groups in total. The zero-order valence-electron chi connectivity index (χ0n) is 7.85. The number of nitrogens with one attached hydrogen (secondary N) is 3. The lowest BCUT2D eigenvalue weighted by molar-refractivity contribution is -0.146. The molecule has 0 rings (SSSR count). The lowest BCUT2D eigenvalue weighted by Gasteiger charge is -2.03. The van der Waals surface area contributed by atoms with Crippen LogP contribution in [0.5, 0.6) is 0 Å². The van der Waals surface area contributed by atoms with Gasteiger partial charge in [0.1, 0.15) is 0 Å². The first-order valence-corrected chi connectivity index (χ1v) is 4.00. The van der Waals surface area contributed by atoms with E-state index in [2.05, 4.69) is 10.6 Å². The second-order valence-electron chi connectivity index (χ2n) is 2.32. The standard InChI is InChI=1S/C7H15N3O3/c1-8-4-3-5-13-10-7(12)6(11)9-2/h8H,3-5H2,1-2H3,(H,9,11)(H,10,12). The van der Waals surface area contributed by atoms with Crippen LogP contribution in [-0.2, 0) is 14.4 Å². The van der Waals surface area contributed by atoms with Crippen LogP contribution in [0.2, 0.25) is 0 Å². The first-order chi connectivity index (χ1) is 6.22. The second kappa shape index (κ2) is 7.51. The van der Waals surface area contributed by atoms with Gasteiger partial charge in [0, 0.05) is 7.05 Å². The summed E-state index contributed by atoms with van der Waals surface area (Å²) in [5.74, 6) is -1.50. The molecule has 0 fully saturated rings. The maximum Gasteiger partial charge on any atom is 0.332 e. The molecule has 0 aromatic heterocycles. The average molecular weight is 189 g/mol. The van der Waals surface area contributed by atoms with Gasteiger partial charge in [-0.05, 0) is 20.0 Å². The highest BCUT2D eigenvalue weighted by atomic mass is 16.7. The van der Waals surface area contributed by atoms with Crippen LogP contribution in [-0.4, -0.2) is 39.1 Å². The Kier molecular flexibility index (Phi) is 6.85. The fourth-order valence-electron chi connectivity index (χ4n) is 0.598. The first kappa shape index (κ1) is 11.9. The van der Waals surface area contributed by atoms with Crippen molar-refractivity contribution in [2.24, 2.45) is 0 Å². The Morgan fingerprint density at radius 2 is 1.92 bits per heavy atom. The minimum Gasteiger partial charge on any atom is -0.351 e. The van der Waals surface area contributed by atoms with Gasteiger partial charge in [-0.1, -0.05) is 0 Å². The number of rotatable bonds is 5. The highest BCUT2D eigenvalue weighted by Crippen LogP contribution is 1.76. The SMILES string of the molecule is CNCCCONC(=O)C(=O)NC. The number of carbonyl (C=O) groups is 2.